The Bertz CT molecular complexity index is 1460. The van der Waals surface area contributed by atoms with Gasteiger partial charge in [0.05, 0.1) is 24.1 Å². The Hall–Kier alpha value is -4.34. The number of hydrogen-bond acceptors (Lipinski definition) is 6. The van der Waals surface area contributed by atoms with Crippen molar-refractivity contribution in [3.63, 3.8) is 0 Å². The van der Waals surface area contributed by atoms with Crippen molar-refractivity contribution in [1.82, 2.24) is 24.9 Å². The van der Waals surface area contributed by atoms with E-state index in [1.165, 1.54) is 19.2 Å². The first-order valence-electron chi connectivity index (χ1n) is 11.7. The third-order valence-electron chi connectivity index (χ3n) is 5.90. The average molecular weight is 489 g/mol. The number of hydrogen-bond donors (Lipinski definition) is 2. The van der Waals surface area contributed by atoms with Gasteiger partial charge in [-0.15, -0.1) is 0 Å². The second-order valence-corrected chi connectivity index (χ2v) is 8.85. The first-order chi connectivity index (χ1) is 17.4. The number of anilines is 1. The van der Waals surface area contributed by atoms with Crippen LogP contribution in [0.2, 0.25) is 0 Å². The molecule has 5 rings (SSSR count). The van der Waals surface area contributed by atoms with Gasteiger partial charge < -0.3 is 15.4 Å². The number of benzene rings is 1. The van der Waals surface area contributed by atoms with Crippen LogP contribution in [0.15, 0.2) is 48.8 Å². The van der Waals surface area contributed by atoms with Crippen molar-refractivity contribution in [3.05, 3.63) is 71.4 Å². The fraction of sp³-hybridized carbons (Fsp3) is 0.269. The molecule has 0 unspecified atom stereocenters. The lowest BCUT2D eigenvalue weighted by molar-refractivity contribution is -0.114. The van der Waals surface area contributed by atoms with Gasteiger partial charge >= 0.3 is 0 Å². The predicted molar refractivity (Wildman–Crippen MR) is 131 cm³/mol. The highest BCUT2D eigenvalue weighted by atomic mass is 19.1. The van der Waals surface area contributed by atoms with E-state index in [0.717, 1.165) is 12.8 Å². The van der Waals surface area contributed by atoms with Gasteiger partial charge in [0.15, 0.2) is 23.0 Å². The molecule has 0 atom stereocenters. The van der Waals surface area contributed by atoms with Crippen molar-refractivity contribution >= 4 is 23.3 Å². The van der Waals surface area contributed by atoms with Gasteiger partial charge in [-0.2, -0.15) is 5.10 Å². The molecule has 2 amide bonds. The summed E-state index contributed by atoms with van der Waals surface area (Å²) in [4.78, 5) is 32.9. The topological polar surface area (TPSA) is 111 Å². The van der Waals surface area contributed by atoms with Crippen LogP contribution in [0.3, 0.4) is 0 Å². The third-order valence-corrected chi connectivity index (χ3v) is 5.90. The van der Waals surface area contributed by atoms with E-state index in [-0.39, 0.29) is 24.1 Å². The second kappa shape index (κ2) is 9.73. The van der Waals surface area contributed by atoms with E-state index in [4.69, 9.17) is 4.74 Å². The molecule has 0 bridgehead atoms. The standard InChI is InChI=1S/C26H25FN6O3/c1-15-20(22-8-9-24-31-23(30-16(2)34)13-33(24)32-22)10-19(12-28-15)26(35)29-11-18-4-3-5-21(27)25(18)36-14-17-6-7-17/h3-5,8-10,12-13,17H,6-7,11,14H2,1-2H3,(H,29,35)(H,30,34). The van der Waals surface area contributed by atoms with Crippen molar-refractivity contribution in [2.24, 2.45) is 5.92 Å². The van der Waals surface area contributed by atoms with E-state index >= 15 is 0 Å². The van der Waals surface area contributed by atoms with Crippen LogP contribution in [-0.4, -0.2) is 38.0 Å². The molecule has 184 valence electrons. The molecule has 9 nitrogen and oxygen atoms in total. The Morgan fingerprint density at radius 3 is 2.83 bits per heavy atom. The number of fused-ring (bicyclic) bond motifs is 1. The number of amides is 2. The first-order valence-corrected chi connectivity index (χ1v) is 11.7. The highest BCUT2D eigenvalue weighted by Gasteiger charge is 2.23. The third kappa shape index (κ3) is 5.17. The number of halogens is 1. The van der Waals surface area contributed by atoms with Crippen molar-refractivity contribution in [1.29, 1.82) is 0 Å². The molecule has 3 aromatic heterocycles. The molecule has 3 heterocycles. The van der Waals surface area contributed by atoms with Crippen LogP contribution in [0.5, 0.6) is 5.75 Å². The number of para-hydroxylation sites is 1. The van der Waals surface area contributed by atoms with Crippen LogP contribution in [0.1, 0.15) is 41.4 Å². The molecule has 10 heteroatoms. The summed E-state index contributed by atoms with van der Waals surface area (Å²) in [5, 5.41) is 10.0. The molecule has 2 N–H and O–H groups in total. The number of aryl methyl sites for hydroxylation is 1. The molecule has 0 radical (unpaired) electrons. The Balaban J connectivity index is 1.34. The van der Waals surface area contributed by atoms with Crippen LogP contribution in [-0.2, 0) is 11.3 Å². The summed E-state index contributed by atoms with van der Waals surface area (Å²) in [5.74, 6) is 0.0485. The zero-order chi connectivity index (χ0) is 25.2. The maximum atomic E-state index is 14.3. The number of nitrogens with zero attached hydrogens (tertiary/aromatic N) is 4. The lowest BCUT2D eigenvalue weighted by Crippen LogP contribution is -2.23. The SMILES string of the molecule is CC(=O)Nc1cn2nc(-c3cc(C(=O)NCc4cccc(F)c4OCC4CC4)cnc3C)ccc2n1. The number of carbonyl (C=O) groups is 2. The average Bonchev–Trinajstić information content (AvgIpc) is 3.59. The van der Waals surface area contributed by atoms with Gasteiger partial charge in [-0.25, -0.2) is 13.9 Å². The van der Waals surface area contributed by atoms with E-state index in [1.807, 2.05) is 6.92 Å². The van der Waals surface area contributed by atoms with Crippen LogP contribution >= 0.6 is 0 Å². The minimum absolute atomic E-state index is 0.116. The number of nitrogens with one attached hydrogen (secondary N) is 2. The van der Waals surface area contributed by atoms with Crippen LogP contribution < -0.4 is 15.4 Å². The number of carbonyl (C=O) groups excluding carboxylic acids is 2. The first kappa shape index (κ1) is 23.4. The van der Waals surface area contributed by atoms with Crippen molar-refractivity contribution < 1.29 is 18.7 Å². The zero-order valence-corrected chi connectivity index (χ0v) is 19.9. The minimum Gasteiger partial charge on any atom is -0.490 e. The van der Waals surface area contributed by atoms with Gasteiger partial charge in [-0.3, -0.25) is 14.6 Å². The molecule has 1 aliphatic carbocycles. The highest BCUT2D eigenvalue weighted by molar-refractivity contribution is 5.95. The zero-order valence-electron chi connectivity index (χ0n) is 19.9. The van der Waals surface area contributed by atoms with Gasteiger partial charge in [0.25, 0.3) is 5.91 Å². The van der Waals surface area contributed by atoms with E-state index in [9.17, 15) is 14.0 Å². The molecule has 0 saturated heterocycles. The van der Waals surface area contributed by atoms with Crippen molar-refractivity contribution in [2.45, 2.75) is 33.2 Å². The Kier molecular flexibility index (Phi) is 6.32. The largest absolute Gasteiger partial charge is 0.490 e. The van der Waals surface area contributed by atoms with E-state index in [1.54, 1.807) is 41.0 Å². The molecule has 4 aromatic rings. The van der Waals surface area contributed by atoms with Gasteiger partial charge in [-0.1, -0.05) is 12.1 Å². The smallest absolute Gasteiger partial charge is 0.253 e. The maximum absolute atomic E-state index is 14.3. The molecule has 1 fully saturated rings. The lowest BCUT2D eigenvalue weighted by Gasteiger charge is -2.13. The van der Waals surface area contributed by atoms with Crippen LogP contribution in [0, 0.1) is 18.7 Å². The molecule has 36 heavy (non-hydrogen) atoms. The fourth-order valence-electron chi connectivity index (χ4n) is 3.80. The highest BCUT2D eigenvalue weighted by Crippen LogP contribution is 2.31. The molecule has 1 aromatic carbocycles. The van der Waals surface area contributed by atoms with Gasteiger partial charge in [0.2, 0.25) is 5.91 Å². The molecule has 0 spiro atoms. The maximum Gasteiger partial charge on any atom is 0.253 e. The summed E-state index contributed by atoms with van der Waals surface area (Å²) in [6.45, 7) is 3.83. The van der Waals surface area contributed by atoms with Crippen molar-refractivity contribution in [3.8, 4) is 17.0 Å². The predicted octanol–water partition coefficient (Wildman–Crippen LogP) is 3.92. The Morgan fingerprint density at radius 2 is 2.06 bits per heavy atom. The number of imidazole rings is 1. The summed E-state index contributed by atoms with van der Waals surface area (Å²) in [5.41, 5.74) is 3.46. The molecule has 1 saturated carbocycles. The summed E-state index contributed by atoms with van der Waals surface area (Å²) < 4.78 is 21.6. The molecule has 0 aliphatic heterocycles. The molecular formula is C26H25FN6O3. The molecule has 1 aliphatic rings. The number of rotatable bonds is 8. The van der Waals surface area contributed by atoms with E-state index in [2.05, 4.69) is 25.7 Å². The lowest BCUT2D eigenvalue weighted by atomic mass is 10.1. The summed E-state index contributed by atoms with van der Waals surface area (Å²) in [6, 6.07) is 9.96. The van der Waals surface area contributed by atoms with Gasteiger partial charge in [-0.05, 0) is 49.9 Å². The molecular weight excluding hydrogens is 463 g/mol. The minimum atomic E-state index is -0.440. The van der Waals surface area contributed by atoms with Crippen molar-refractivity contribution in [2.75, 3.05) is 11.9 Å². The quantitative estimate of drug-likeness (QED) is 0.389. The summed E-state index contributed by atoms with van der Waals surface area (Å²) in [7, 11) is 0. The summed E-state index contributed by atoms with van der Waals surface area (Å²) in [6.07, 6.45) is 5.31. The number of aromatic nitrogens is 4. The monoisotopic (exact) mass is 488 g/mol. The fourth-order valence-corrected chi connectivity index (χ4v) is 3.80. The van der Waals surface area contributed by atoms with Gasteiger partial charge in [0, 0.05) is 36.5 Å². The number of ether oxygens (including phenoxy) is 1. The second-order valence-electron chi connectivity index (χ2n) is 8.85. The van der Waals surface area contributed by atoms with Crippen LogP contribution in [0.25, 0.3) is 16.9 Å². The normalized spacial score (nSPS) is 13.0. The van der Waals surface area contributed by atoms with Crippen LogP contribution in [0.4, 0.5) is 10.2 Å². The Labute approximate surface area is 206 Å². The van der Waals surface area contributed by atoms with E-state index in [0.29, 0.717) is 52.1 Å². The Morgan fingerprint density at radius 1 is 1.22 bits per heavy atom. The number of pyridine rings is 1. The van der Waals surface area contributed by atoms with E-state index < -0.39 is 5.82 Å². The summed E-state index contributed by atoms with van der Waals surface area (Å²) >= 11 is 0. The van der Waals surface area contributed by atoms with Gasteiger partial charge in [0.1, 0.15) is 0 Å².